The highest BCUT2D eigenvalue weighted by molar-refractivity contribution is 6.20. The average Bonchev–Trinajstić information content (AvgIpc) is 3.07. The fourth-order valence-electron chi connectivity index (χ4n) is 5.68. The van der Waals surface area contributed by atoms with E-state index in [4.69, 9.17) is 4.74 Å². The molecule has 0 N–H and O–H groups in total. The smallest absolute Gasteiger partial charge is 0.251 e. The van der Waals surface area contributed by atoms with Gasteiger partial charge in [0.2, 0.25) is 11.8 Å². The number of aromatic nitrogens is 2. The van der Waals surface area contributed by atoms with E-state index in [1.807, 2.05) is 72.3 Å². The zero-order valence-corrected chi connectivity index (χ0v) is 27.8. The molecule has 0 radical (unpaired) electrons. The van der Waals surface area contributed by atoms with Gasteiger partial charge in [0.25, 0.3) is 5.56 Å². The van der Waals surface area contributed by atoms with Gasteiger partial charge in [-0.25, -0.2) is 0 Å². The number of halogens is 2. The molecule has 2 aromatic heterocycles. The van der Waals surface area contributed by atoms with Crippen LogP contribution in [0.5, 0.6) is 5.75 Å². The highest BCUT2D eigenvalue weighted by Gasteiger charge is 2.45. The quantitative estimate of drug-likeness (QED) is 0.155. The third kappa shape index (κ3) is 7.66. The van der Waals surface area contributed by atoms with E-state index < -0.39 is 5.41 Å². The molecule has 0 fully saturated rings. The van der Waals surface area contributed by atoms with Crippen LogP contribution in [0.15, 0.2) is 83.9 Å². The molecule has 5 rings (SSSR count). The van der Waals surface area contributed by atoms with Crippen molar-refractivity contribution < 1.29 is 14.3 Å². The lowest BCUT2D eigenvalue weighted by atomic mass is 9.90. The predicted octanol–water partition coefficient (Wildman–Crippen LogP) is 5.57. The van der Waals surface area contributed by atoms with Crippen LogP contribution in [0.1, 0.15) is 32.8 Å². The molecule has 0 saturated carbocycles. The lowest BCUT2D eigenvalue weighted by molar-refractivity contribution is -0.137. The number of hydrogen-bond donors (Lipinski definition) is 0. The Balaban J connectivity index is 0.00000276. The maximum absolute atomic E-state index is 13.2. The first-order chi connectivity index (χ1) is 20.7. The molecule has 45 heavy (non-hydrogen) atoms. The van der Waals surface area contributed by atoms with E-state index in [0.29, 0.717) is 49.9 Å². The Hall–Kier alpha value is -3.92. The molecule has 0 saturated heterocycles. The topological polar surface area (TPSA) is 88.0 Å². The predicted molar refractivity (Wildman–Crippen MR) is 184 cm³/mol. The van der Waals surface area contributed by atoms with Gasteiger partial charge in [-0.2, -0.15) is 0 Å². The number of rotatable bonds is 11. The van der Waals surface area contributed by atoms with Gasteiger partial charge in [0.1, 0.15) is 11.2 Å². The molecule has 0 spiro atoms. The van der Waals surface area contributed by atoms with Crippen molar-refractivity contribution in [3.8, 4) is 5.75 Å². The van der Waals surface area contributed by atoms with Crippen LogP contribution in [-0.4, -0.2) is 59.6 Å². The monoisotopic (exact) mass is 653 g/mol. The number of carbonyl (C=O) groups is 2. The molecule has 2 amide bonds. The summed E-state index contributed by atoms with van der Waals surface area (Å²) in [4.78, 5) is 48.9. The van der Waals surface area contributed by atoms with Gasteiger partial charge in [-0.05, 0) is 68.5 Å². The lowest BCUT2D eigenvalue weighted by Crippen LogP contribution is -2.47. The Morgan fingerprint density at radius 1 is 0.889 bits per heavy atom. The molecule has 240 valence electrons. The normalized spacial score (nSPS) is 14.1. The number of benzene rings is 2. The van der Waals surface area contributed by atoms with Gasteiger partial charge in [-0.15, -0.1) is 24.8 Å². The summed E-state index contributed by atoms with van der Waals surface area (Å²) in [5.74, 6) is 0.185. The molecule has 2 aromatic carbocycles. The van der Waals surface area contributed by atoms with Crippen molar-refractivity contribution in [2.75, 3.05) is 43.1 Å². The van der Waals surface area contributed by atoms with Crippen LogP contribution >= 0.6 is 24.8 Å². The van der Waals surface area contributed by atoms with Crippen molar-refractivity contribution in [2.45, 2.75) is 40.3 Å². The van der Waals surface area contributed by atoms with Crippen LogP contribution in [0.2, 0.25) is 0 Å². The van der Waals surface area contributed by atoms with Gasteiger partial charge >= 0.3 is 0 Å². The molecular formula is C34H41Cl2N5O4. The first kappa shape index (κ1) is 35.6. The number of para-hydroxylation sites is 1. The minimum atomic E-state index is -1.15. The summed E-state index contributed by atoms with van der Waals surface area (Å²) in [5, 5.41) is 1.04. The summed E-state index contributed by atoms with van der Waals surface area (Å²) in [5.41, 5.74) is 2.22. The molecule has 0 bridgehead atoms. The van der Waals surface area contributed by atoms with Gasteiger partial charge in [-0.3, -0.25) is 24.3 Å². The number of fused-ring (bicyclic) bond motifs is 2. The van der Waals surface area contributed by atoms with E-state index in [2.05, 4.69) is 16.0 Å². The van der Waals surface area contributed by atoms with Crippen molar-refractivity contribution in [3.05, 3.63) is 95.0 Å². The number of hydrogen-bond acceptors (Lipinski definition) is 6. The lowest BCUT2D eigenvalue weighted by Gasteiger charge is -2.27. The zero-order valence-electron chi connectivity index (χ0n) is 26.1. The van der Waals surface area contributed by atoms with Gasteiger partial charge in [-0.1, -0.05) is 24.3 Å². The SMILES string of the molecule is CCN1C(=O)C(C)(C)C(=O)N(C)c2cc(OCCCN(CCn3c(=O)ccc4ccccc43)Cc3cccnc3)ccc21.Cl.Cl. The molecule has 4 aromatic rings. The highest BCUT2D eigenvalue weighted by Crippen LogP contribution is 2.40. The number of amides is 2. The number of nitrogens with zero attached hydrogens (tertiary/aromatic N) is 5. The van der Waals surface area contributed by atoms with Crippen LogP contribution in [0.3, 0.4) is 0 Å². The summed E-state index contributed by atoms with van der Waals surface area (Å²) in [6, 6.07) is 21.0. The van der Waals surface area contributed by atoms with E-state index in [0.717, 1.165) is 29.4 Å². The van der Waals surface area contributed by atoms with E-state index in [9.17, 15) is 14.4 Å². The Morgan fingerprint density at radius 3 is 2.40 bits per heavy atom. The minimum Gasteiger partial charge on any atom is -0.493 e. The van der Waals surface area contributed by atoms with Gasteiger partial charge in [0, 0.05) is 64.3 Å². The number of anilines is 2. The van der Waals surface area contributed by atoms with Crippen LogP contribution in [-0.2, 0) is 22.7 Å². The Bertz CT molecular complexity index is 1680. The summed E-state index contributed by atoms with van der Waals surface area (Å²) in [6.07, 6.45) is 4.38. The molecule has 0 aliphatic carbocycles. The largest absolute Gasteiger partial charge is 0.493 e. The first-order valence-corrected chi connectivity index (χ1v) is 14.8. The first-order valence-electron chi connectivity index (χ1n) is 14.8. The van der Waals surface area contributed by atoms with Crippen molar-refractivity contribution in [1.29, 1.82) is 0 Å². The molecule has 3 heterocycles. The molecule has 1 aliphatic rings. The summed E-state index contributed by atoms with van der Waals surface area (Å²) < 4.78 is 7.98. The molecule has 9 nitrogen and oxygen atoms in total. The Morgan fingerprint density at radius 2 is 1.67 bits per heavy atom. The van der Waals surface area contributed by atoms with E-state index in [1.165, 1.54) is 0 Å². The average molecular weight is 655 g/mol. The second-order valence-electron chi connectivity index (χ2n) is 11.4. The summed E-state index contributed by atoms with van der Waals surface area (Å²) in [6.45, 7) is 8.90. The van der Waals surface area contributed by atoms with Crippen molar-refractivity contribution in [2.24, 2.45) is 5.41 Å². The molecule has 0 unspecified atom stereocenters. The third-order valence-corrected chi connectivity index (χ3v) is 8.09. The second-order valence-corrected chi connectivity index (χ2v) is 11.4. The Labute approximate surface area is 276 Å². The highest BCUT2D eigenvalue weighted by atomic mass is 35.5. The second kappa shape index (κ2) is 15.4. The van der Waals surface area contributed by atoms with Gasteiger partial charge in [0.05, 0.1) is 23.5 Å². The van der Waals surface area contributed by atoms with E-state index in [1.54, 1.807) is 43.0 Å². The van der Waals surface area contributed by atoms with E-state index in [-0.39, 0.29) is 42.2 Å². The number of pyridine rings is 2. The number of ether oxygens (including phenoxy) is 1. The van der Waals surface area contributed by atoms with Crippen LogP contribution in [0.25, 0.3) is 10.9 Å². The van der Waals surface area contributed by atoms with E-state index >= 15 is 0 Å². The fourth-order valence-corrected chi connectivity index (χ4v) is 5.68. The molecule has 11 heteroatoms. The number of carbonyl (C=O) groups excluding carboxylic acids is 2. The maximum atomic E-state index is 13.2. The third-order valence-electron chi connectivity index (χ3n) is 8.09. The van der Waals surface area contributed by atoms with Crippen LogP contribution in [0, 0.1) is 5.41 Å². The van der Waals surface area contributed by atoms with Crippen LogP contribution in [0.4, 0.5) is 11.4 Å². The molecule has 1 aliphatic heterocycles. The van der Waals surface area contributed by atoms with Gasteiger partial charge < -0.3 is 19.1 Å². The standard InChI is InChI=1S/C34H39N5O4.2ClH/c1-5-38-29-15-14-27(22-30(29)36(4)32(41)34(2,3)33(38)42)43-21-9-18-37(24-25-10-8-17-35-23-25)19-20-39-28-12-7-6-11-26(28)13-16-31(39)40;;/h6-8,10-17,22-23H,5,9,18-21,24H2,1-4H3;2*1H. The van der Waals surface area contributed by atoms with Crippen molar-refractivity contribution in [3.63, 3.8) is 0 Å². The fraction of sp³-hybridized carbons (Fsp3) is 0.353. The summed E-state index contributed by atoms with van der Waals surface area (Å²) >= 11 is 0. The van der Waals surface area contributed by atoms with Crippen molar-refractivity contribution >= 4 is 58.9 Å². The van der Waals surface area contributed by atoms with Crippen molar-refractivity contribution in [1.82, 2.24) is 14.5 Å². The molecular weight excluding hydrogens is 613 g/mol. The minimum absolute atomic E-state index is 0. The zero-order chi connectivity index (χ0) is 30.6. The Kier molecular flexibility index (Phi) is 12.2. The molecule has 0 atom stereocenters. The van der Waals surface area contributed by atoms with Crippen LogP contribution < -0.4 is 20.1 Å². The maximum Gasteiger partial charge on any atom is 0.251 e. The van der Waals surface area contributed by atoms with Gasteiger partial charge in [0.15, 0.2) is 0 Å². The summed E-state index contributed by atoms with van der Waals surface area (Å²) in [7, 11) is 1.71.